The van der Waals surface area contributed by atoms with Gasteiger partial charge in [0, 0.05) is 32.3 Å². The van der Waals surface area contributed by atoms with Gasteiger partial charge in [0.1, 0.15) is 0 Å². The molecule has 6 nitrogen and oxygen atoms in total. The molecule has 0 aromatic heterocycles. The maximum absolute atomic E-state index is 11.0. The highest BCUT2D eigenvalue weighted by Crippen LogP contribution is 2.24. The summed E-state index contributed by atoms with van der Waals surface area (Å²) < 4.78 is 5.79. The number of benzene rings is 1. The summed E-state index contributed by atoms with van der Waals surface area (Å²) in [5, 5.41) is 9.42. The van der Waals surface area contributed by atoms with Gasteiger partial charge in [0.25, 0.3) is 0 Å². The average Bonchev–Trinajstić information content (AvgIpc) is 3.01. The molecule has 1 aromatic carbocycles. The molecule has 1 saturated heterocycles. The predicted octanol–water partition coefficient (Wildman–Crippen LogP) is 2.93. The van der Waals surface area contributed by atoms with Crippen molar-refractivity contribution in [3.05, 3.63) is 29.8 Å². The van der Waals surface area contributed by atoms with Gasteiger partial charge in [-0.05, 0) is 50.8 Å². The Morgan fingerprint density at radius 2 is 2.00 bits per heavy atom. The first-order valence-electron chi connectivity index (χ1n) is 9.03. The van der Waals surface area contributed by atoms with Gasteiger partial charge in [-0.2, -0.15) is 0 Å². The fraction of sp³-hybridized carbons (Fsp3) is 0.579. The van der Waals surface area contributed by atoms with Crippen molar-refractivity contribution in [1.82, 2.24) is 10.6 Å². The van der Waals surface area contributed by atoms with E-state index in [4.69, 9.17) is 4.74 Å². The van der Waals surface area contributed by atoms with Gasteiger partial charge in [-0.1, -0.05) is 12.1 Å². The van der Waals surface area contributed by atoms with E-state index in [1.807, 2.05) is 24.3 Å². The molecule has 1 aliphatic rings. The van der Waals surface area contributed by atoms with Crippen molar-refractivity contribution in [2.75, 3.05) is 31.6 Å². The lowest BCUT2D eigenvalue weighted by Crippen LogP contribution is -2.40. The minimum absolute atomic E-state index is 0. The van der Waals surface area contributed by atoms with E-state index in [1.165, 1.54) is 12.5 Å². The lowest BCUT2D eigenvalue weighted by molar-refractivity contribution is -0.114. The second kappa shape index (κ2) is 11.4. The molecule has 1 fully saturated rings. The largest absolute Gasteiger partial charge is 0.373 e. The van der Waals surface area contributed by atoms with E-state index in [-0.39, 0.29) is 35.5 Å². The Balaban J connectivity index is 0.00000338. The van der Waals surface area contributed by atoms with Crippen molar-refractivity contribution in [3.63, 3.8) is 0 Å². The zero-order valence-corrected chi connectivity index (χ0v) is 18.3. The number of nitrogens with zero attached hydrogens (tertiary/aromatic N) is 1. The molecule has 1 amide bonds. The summed E-state index contributed by atoms with van der Waals surface area (Å²) in [5.41, 5.74) is 1.91. The second-order valence-corrected chi connectivity index (χ2v) is 6.65. The number of aliphatic imine (C=N–C) groups is 1. The van der Waals surface area contributed by atoms with Crippen LogP contribution >= 0.6 is 24.0 Å². The van der Waals surface area contributed by atoms with Crippen LogP contribution in [0.25, 0.3) is 0 Å². The maximum Gasteiger partial charge on any atom is 0.221 e. The molecule has 0 radical (unpaired) electrons. The van der Waals surface area contributed by atoms with Crippen LogP contribution in [0.1, 0.15) is 39.2 Å². The van der Waals surface area contributed by atoms with Crippen LogP contribution in [0, 0.1) is 0 Å². The van der Waals surface area contributed by atoms with Crippen LogP contribution in [0.15, 0.2) is 29.3 Å². The molecule has 0 saturated carbocycles. The second-order valence-electron chi connectivity index (χ2n) is 6.65. The Morgan fingerprint density at radius 3 is 2.58 bits per heavy atom. The molecule has 7 heteroatoms. The topological polar surface area (TPSA) is 74.8 Å². The number of ether oxygens (including phenoxy) is 1. The molecule has 3 N–H and O–H groups in total. The molecule has 0 spiro atoms. The van der Waals surface area contributed by atoms with Gasteiger partial charge in [0.15, 0.2) is 5.96 Å². The molecule has 1 unspecified atom stereocenters. The number of nitrogens with one attached hydrogen (secondary N) is 3. The normalized spacial score (nSPS) is 19.6. The fourth-order valence-electron chi connectivity index (χ4n) is 2.83. The van der Waals surface area contributed by atoms with E-state index in [2.05, 4.69) is 34.8 Å². The van der Waals surface area contributed by atoms with Crippen LogP contribution < -0.4 is 16.0 Å². The van der Waals surface area contributed by atoms with E-state index >= 15 is 0 Å². The molecule has 1 aromatic rings. The van der Waals surface area contributed by atoms with Crippen LogP contribution in [0.5, 0.6) is 0 Å². The number of hydrogen-bond acceptors (Lipinski definition) is 3. The van der Waals surface area contributed by atoms with E-state index in [9.17, 15) is 4.79 Å². The van der Waals surface area contributed by atoms with Gasteiger partial charge >= 0.3 is 0 Å². The van der Waals surface area contributed by atoms with Gasteiger partial charge in [-0.25, -0.2) is 0 Å². The maximum atomic E-state index is 11.0. The molecule has 1 atom stereocenters. The lowest BCUT2D eigenvalue weighted by atomic mass is 10.0. The number of hydrogen-bond donors (Lipinski definition) is 3. The lowest BCUT2D eigenvalue weighted by Gasteiger charge is -2.21. The Morgan fingerprint density at radius 1 is 1.27 bits per heavy atom. The Labute approximate surface area is 173 Å². The first-order valence-corrected chi connectivity index (χ1v) is 9.03. The zero-order valence-electron chi connectivity index (χ0n) is 15.9. The third kappa shape index (κ3) is 7.90. The summed E-state index contributed by atoms with van der Waals surface area (Å²) in [6.45, 7) is 8.84. The number of carbonyl (C=O) groups is 1. The molecular formula is C19H31IN4O2. The molecule has 0 bridgehead atoms. The first kappa shape index (κ1) is 22.7. The minimum atomic E-state index is -0.123. The minimum Gasteiger partial charge on any atom is -0.373 e. The summed E-state index contributed by atoms with van der Waals surface area (Å²) in [7, 11) is 0. The molecule has 2 rings (SSSR count). The molecule has 146 valence electrons. The van der Waals surface area contributed by atoms with Crippen molar-refractivity contribution in [1.29, 1.82) is 0 Å². The third-order valence-corrected chi connectivity index (χ3v) is 4.20. The standard InChI is InChI=1S/C19H30N4O2.HI/c1-4-20-18(22-14-19(3)11-5-13-25-19)21-12-10-16-6-8-17(9-7-16)23-15(2)24;/h6-9H,4-5,10-14H2,1-3H3,(H,23,24)(H2,20,21,22);1H. The average molecular weight is 474 g/mol. The number of halogens is 1. The van der Waals surface area contributed by atoms with Crippen LogP contribution in [-0.4, -0.2) is 43.7 Å². The van der Waals surface area contributed by atoms with Crippen molar-refractivity contribution >= 4 is 41.5 Å². The monoisotopic (exact) mass is 474 g/mol. The summed E-state index contributed by atoms with van der Waals surface area (Å²) in [5.74, 6) is 0.773. The van der Waals surface area contributed by atoms with E-state index in [0.717, 1.165) is 50.6 Å². The fourth-order valence-corrected chi connectivity index (χ4v) is 2.83. The summed E-state index contributed by atoms with van der Waals surface area (Å²) in [6, 6.07) is 7.91. The molecule has 26 heavy (non-hydrogen) atoms. The van der Waals surface area contributed by atoms with E-state index in [1.54, 1.807) is 0 Å². The summed E-state index contributed by atoms with van der Waals surface area (Å²) in [4.78, 5) is 15.7. The van der Waals surface area contributed by atoms with Crippen LogP contribution in [0.3, 0.4) is 0 Å². The van der Waals surface area contributed by atoms with E-state index < -0.39 is 0 Å². The number of rotatable bonds is 7. The number of carbonyl (C=O) groups excluding carboxylic acids is 1. The van der Waals surface area contributed by atoms with Crippen molar-refractivity contribution in [2.45, 2.75) is 45.6 Å². The smallest absolute Gasteiger partial charge is 0.221 e. The number of amides is 1. The quantitative estimate of drug-likeness (QED) is 0.323. The molecule has 1 aliphatic heterocycles. The highest BCUT2D eigenvalue weighted by atomic mass is 127. The summed E-state index contributed by atoms with van der Waals surface area (Å²) >= 11 is 0. The van der Waals surface area contributed by atoms with Crippen LogP contribution in [-0.2, 0) is 16.0 Å². The highest BCUT2D eigenvalue weighted by Gasteiger charge is 2.29. The Hall–Kier alpha value is -1.35. The predicted molar refractivity (Wildman–Crippen MR) is 117 cm³/mol. The van der Waals surface area contributed by atoms with Crippen molar-refractivity contribution in [2.24, 2.45) is 4.99 Å². The summed E-state index contributed by atoms with van der Waals surface area (Å²) in [6.07, 6.45) is 3.07. The molecule has 0 aliphatic carbocycles. The SMILES string of the molecule is CCNC(=NCC1(C)CCCO1)NCCc1ccc(NC(C)=O)cc1.I. The van der Waals surface area contributed by atoms with Crippen LogP contribution in [0.2, 0.25) is 0 Å². The van der Waals surface area contributed by atoms with Gasteiger partial charge < -0.3 is 20.7 Å². The highest BCUT2D eigenvalue weighted by molar-refractivity contribution is 14.0. The van der Waals surface area contributed by atoms with Gasteiger partial charge in [-0.3, -0.25) is 9.79 Å². The molecule has 1 heterocycles. The first-order chi connectivity index (χ1) is 12.0. The Kier molecular flexibility index (Phi) is 9.93. The Bertz CT molecular complexity index is 584. The van der Waals surface area contributed by atoms with Gasteiger partial charge in [-0.15, -0.1) is 24.0 Å². The van der Waals surface area contributed by atoms with Gasteiger partial charge in [0.05, 0.1) is 12.1 Å². The molecular weight excluding hydrogens is 443 g/mol. The zero-order chi connectivity index (χ0) is 18.1. The van der Waals surface area contributed by atoms with Crippen molar-refractivity contribution < 1.29 is 9.53 Å². The van der Waals surface area contributed by atoms with Crippen molar-refractivity contribution in [3.8, 4) is 0 Å². The number of guanidine groups is 1. The van der Waals surface area contributed by atoms with E-state index in [0.29, 0.717) is 6.54 Å². The van der Waals surface area contributed by atoms with Gasteiger partial charge in [0.2, 0.25) is 5.91 Å². The number of anilines is 1. The third-order valence-electron chi connectivity index (χ3n) is 4.20. The van der Waals surface area contributed by atoms with Crippen LogP contribution in [0.4, 0.5) is 5.69 Å².